The van der Waals surface area contributed by atoms with Crippen molar-refractivity contribution in [2.75, 3.05) is 20.2 Å². The zero-order valence-corrected chi connectivity index (χ0v) is 10.8. The van der Waals surface area contributed by atoms with Crippen LogP contribution in [0, 0.1) is 0 Å². The molecule has 5 nitrogen and oxygen atoms in total. The lowest BCUT2D eigenvalue weighted by molar-refractivity contribution is 0.0602. The highest BCUT2D eigenvalue weighted by atomic mass is 32.2. The molecule has 0 bridgehead atoms. The number of hydrogen-bond acceptors (Lipinski definition) is 5. The van der Waals surface area contributed by atoms with Crippen molar-refractivity contribution in [1.82, 2.24) is 4.31 Å². The molecule has 2 heterocycles. The molecule has 0 fully saturated rings. The van der Waals surface area contributed by atoms with Gasteiger partial charge in [0.1, 0.15) is 9.77 Å². The van der Waals surface area contributed by atoms with Crippen LogP contribution in [-0.2, 0) is 14.8 Å². The Morgan fingerprint density at radius 1 is 1.41 bits per heavy atom. The van der Waals surface area contributed by atoms with Crippen molar-refractivity contribution in [3.63, 3.8) is 0 Å². The minimum absolute atomic E-state index is 0.0260. The number of rotatable bonds is 3. The van der Waals surface area contributed by atoms with Gasteiger partial charge in [0.05, 0.1) is 7.11 Å². The molecule has 1 aromatic rings. The van der Waals surface area contributed by atoms with Crippen LogP contribution in [0.25, 0.3) is 0 Å². The third-order valence-electron chi connectivity index (χ3n) is 2.40. The molecule has 0 saturated heterocycles. The van der Waals surface area contributed by atoms with Crippen molar-refractivity contribution < 1.29 is 17.9 Å². The van der Waals surface area contributed by atoms with Crippen LogP contribution in [0.5, 0.6) is 0 Å². The molecule has 92 valence electrons. The van der Waals surface area contributed by atoms with E-state index in [9.17, 15) is 13.2 Å². The quantitative estimate of drug-likeness (QED) is 0.611. The van der Waals surface area contributed by atoms with E-state index in [1.807, 2.05) is 0 Å². The summed E-state index contributed by atoms with van der Waals surface area (Å²) in [7, 11) is -2.37. The standard InChI is InChI=1S/C10H11NO4S2/c1-15-10(12)9-8(4-7-16-9)17(13,14)11-5-2-3-6-11/h2-4,7H,5-6H2,1H3. The number of nitrogens with zero attached hydrogens (tertiary/aromatic N) is 1. The van der Waals surface area contributed by atoms with Gasteiger partial charge in [0, 0.05) is 13.1 Å². The molecule has 0 aliphatic carbocycles. The summed E-state index contributed by atoms with van der Waals surface area (Å²) in [5, 5.41) is 1.57. The van der Waals surface area contributed by atoms with Gasteiger partial charge in [0.2, 0.25) is 10.0 Å². The van der Waals surface area contributed by atoms with Crippen LogP contribution in [0.1, 0.15) is 9.67 Å². The first-order valence-corrected chi connectivity index (χ1v) is 7.20. The van der Waals surface area contributed by atoms with Gasteiger partial charge in [-0.05, 0) is 11.4 Å². The van der Waals surface area contributed by atoms with Crippen LogP contribution >= 0.6 is 11.3 Å². The van der Waals surface area contributed by atoms with Crippen molar-refractivity contribution in [3.8, 4) is 0 Å². The molecule has 0 atom stereocenters. The third-order valence-corrected chi connectivity index (χ3v) is 5.30. The van der Waals surface area contributed by atoms with Crippen LogP contribution in [0.2, 0.25) is 0 Å². The van der Waals surface area contributed by atoms with E-state index in [4.69, 9.17) is 0 Å². The molecular formula is C10H11NO4S2. The van der Waals surface area contributed by atoms with E-state index in [1.165, 1.54) is 17.5 Å². The summed E-state index contributed by atoms with van der Waals surface area (Å²) in [6.07, 6.45) is 3.56. The van der Waals surface area contributed by atoms with Crippen LogP contribution in [0.15, 0.2) is 28.5 Å². The molecule has 1 aliphatic rings. The molecule has 0 amide bonds. The molecule has 0 N–H and O–H groups in total. The van der Waals surface area contributed by atoms with Crippen LogP contribution < -0.4 is 0 Å². The maximum Gasteiger partial charge on any atom is 0.349 e. The maximum absolute atomic E-state index is 12.2. The molecule has 17 heavy (non-hydrogen) atoms. The summed E-state index contributed by atoms with van der Waals surface area (Å²) in [5.41, 5.74) is 0. The SMILES string of the molecule is COC(=O)c1sccc1S(=O)(=O)N1CC=CC1. The normalized spacial score (nSPS) is 16.3. The minimum Gasteiger partial charge on any atom is -0.465 e. The van der Waals surface area contributed by atoms with E-state index in [1.54, 1.807) is 17.5 Å². The summed E-state index contributed by atoms with van der Waals surface area (Å²) in [4.78, 5) is 11.6. The third kappa shape index (κ3) is 2.13. The number of carbonyl (C=O) groups excluding carboxylic acids is 1. The molecule has 0 unspecified atom stereocenters. The Morgan fingerprint density at radius 3 is 2.65 bits per heavy atom. The largest absolute Gasteiger partial charge is 0.465 e. The van der Waals surface area contributed by atoms with Gasteiger partial charge in [-0.15, -0.1) is 11.3 Å². The topological polar surface area (TPSA) is 63.7 Å². The lowest BCUT2D eigenvalue weighted by Crippen LogP contribution is -2.29. The van der Waals surface area contributed by atoms with Gasteiger partial charge < -0.3 is 4.74 Å². The fraction of sp³-hybridized carbons (Fsp3) is 0.300. The Morgan fingerprint density at radius 2 is 2.06 bits per heavy atom. The molecule has 0 radical (unpaired) electrons. The van der Waals surface area contributed by atoms with Gasteiger partial charge in [0.15, 0.2) is 0 Å². The molecule has 0 aromatic carbocycles. The van der Waals surface area contributed by atoms with Crippen molar-refractivity contribution >= 4 is 27.3 Å². The van der Waals surface area contributed by atoms with Crippen molar-refractivity contribution in [2.24, 2.45) is 0 Å². The van der Waals surface area contributed by atoms with E-state index in [0.717, 1.165) is 11.3 Å². The highest BCUT2D eigenvalue weighted by Gasteiger charge is 2.30. The predicted molar refractivity (Wildman–Crippen MR) is 63.6 cm³/mol. The van der Waals surface area contributed by atoms with Crippen molar-refractivity contribution in [2.45, 2.75) is 4.90 Å². The average Bonchev–Trinajstić information content (AvgIpc) is 2.98. The lowest BCUT2D eigenvalue weighted by Gasteiger charge is -2.15. The number of carbonyl (C=O) groups is 1. The summed E-state index contributed by atoms with van der Waals surface area (Å²) in [6, 6.07) is 1.44. The number of ether oxygens (including phenoxy) is 1. The van der Waals surface area contributed by atoms with E-state index < -0.39 is 16.0 Å². The first kappa shape index (κ1) is 12.3. The summed E-state index contributed by atoms with van der Waals surface area (Å²) >= 11 is 1.07. The lowest BCUT2D eigenvalue weighted by atomic mass is 10.5. The second-order valence-corrected chi connectivity index (χ2v) is 6.22. The van der Waals surface area contributed by atoms with Crippen LogP contribution in [0.4, 0.5) is 0 Å². The van der Waals surface area contributed by atoms with E-state index >= 15 is 0 Å². The van der Waals surface area contributed by atoms with Crippen LogP contribution in [0.3, 0.4) is 0 Å². The smallest absolute Gasteiger partial charge is 0.349 e. The summed E-state index contributed by atoms with van der Waals surface area (Å²) < 4.78 is 30.3. The zero-order chi connectivity index (χ0) is 12.5. The molecule has 2 rings (SSSR count). The van der Waals surface area contributed by atoms with Gasteiger partial charge in [0.25, 0.3) is 0 Å². The predicted octanol–water partition coefficient (Wildman–Crippen LogP) is 1.10. The summed E-state index contributed by atoms with van der Waals surface area (Å²) in [5.74, 6) is -0.620. The fourth-order valence-corrected chi connectivity index (χ4v) is 4.19. The number of thiophene rings is 1. The zero-order valence-electron chi connectivity index (χ0n) is 9.12. The highest BCUT2D eigenvalue weighted by molar-refractivity contribution is 7.89. The van der Waals surface area contributed by atoms with E-state index in [-0.39, 0.29) is 9.77 Å². The molecule has 1 aliphatic heterocycles. The van der Waals surface area contributed by atoms with E-state index in [0.29, 0.717) is 13.1 Å². The molecular weight excluding hydrogens is 262 g/mol. The van der Waals surface area contributed by atoms with Gasteiger partial charge in [-0.25, -0.2) is 13.2 Å². The number of methoxy groups -OCH3 is 1. The second-order valence-electron chi connectivity index (χ2n) is 3.40. The fourth-order valence-electron chi connectivity index (χ4n) is 1.54. The highest BCUT2D eigenvalue weighted by Crippen LogP contribution is 2.26. The van der Waals surface area contributed by atoms with Gasteiger partial charge >= 0.3 is 5.97 Å². The molecule has 0 saturated carbocycles. The monoisotopic (exact) mass is 273 g/mol. The number of hydrogen-bond donors (Lipinski definition) is 0. The first-order chi connectivity index (χ1) is 8.07. The first-order valence-electron chi connectivity index (χ1n) is 4.88. The van der Waals surface area contributed by atoms with E-state index in [2.05, 4.69) is 4.74 Å². The number of esters is 1. The Labute approximate surface area is 103 Å². The molecule has 0 spiro atoms. The van der Waals surface area contributed by atoms with Crippen LogP contribution in [-0.4, -0.2) is 38.9 Å². The Balaban J connectivity index is 2.40. The Kier molecular flexibility index (Phi) is 3.32. The average molecular weight is 273 g/mol. The molecule has 1 aromatic heterocycles. The second kappa shape index (κ2) is 4.59. The Hall–Kier alpha value is -1.18. The summed E-state index contributed by atoms with van der Waals surface area (Å²) in [6.45, 7) is 0.692. The maximum atomic E-state index is 12.2. The Bertz CT molecular complexity index is 551. The number of sulfonamides is 1. The minimum atomic E-state index is -3.60. The van der Waals surface area contributed by atoms with Gasteiger partial charge in [-0.3, -0.25) is 0 Å². The van der Waals surface area contributed by atoms with Crippen molar-refractivity contribution in [3.05, 3.63) is 28.5 Å². The van der Waals surface area contributed by atoms with Gasteiger partial charge in [-0.2, -0.15) is 4.31 Å². The van der Waals surface area contributed by atoms with Crippen molar-refractivity contribution in [1.29, 1.82) is 0 Å². The molecule has 7 heteroatoms. The van der Waals surface area contributed by atoms with Gasteiger partial charge in [-0.1, -0.05) is 12.2 Å².